The average molecular weight is 475 g/mol. The SMILES string of the molecule is O=CC1CC12CCN(c1ccc(Nc3nc(N4CCCNCC4)nc4cn[nH]c(=O)c34)cc1)CC2. The van der Waals surface area contributed by atoms with Gasteiger partial charge in [-0.2, -0.15) is 10.1 Å². The second-order valence-electron chi connectivity index (χ2n) is 9.89. The van der Waals surface area contributed by atoms with Crippen molar-refractivity contribution >= 4 is 40.3 Å². The highest BCUT2D eigenvalue weighted by atomic mass is 16.1. The predicted octanol–water partition coefficient (Wildman–Crippen LogP) is 2.06. The van der Waals surface area contributed by atoms with Crippen molar-refractivity contribution in [3.8, 4) is 0 Å². The van der Waals surface area contributed by atoms with E-state index >= 15 is 0 Å². The molecule has 1 saturated carbocycles. The van der Waals surface area contributed by atoms with Crippen molar-refractivity contribution in [1.82, 2.24) is 25.5 Å². The minimum atomic E-state index is -0.318. The number of nitrogens with one attached hydrogen (secondary N) is 3. The van der Waals surface area contributed by atoms with Gasteiger partial charge in [0.25, 0.3) is 5.56 Å². The number of aromatic nitrogens is 4. The third kappa shape index (κ3) is 4.22. The first-order valence-electron chi connectivity index (χ1n) is 12.4. The van der Waals surface area contributed by atoms with E-state index < -0.39 is 0 Å². The first kappa shape index (κ1) is 22.0. The van der Waals surface area contributed by atoms with Gasteiger partial charge in [0.2, 0.25) is 5.95 Å². The Hall–Kier alpha value is -3.53. The summed E-state index contributed by atoms with van der Waals surface area (Å²) in [5.41, 5.74) is 2.50. The Balaban J connectivity index is 1.23. The molecule has 1 spiro atoms. The number of aldehydes is 1. The summed E-state index contributed by atoms with van der Waals surface area (Å²) >= 11 is 0. The summed E-state index contributed by atoms with van der Waals surface area (Å²) < 4.78 is 0. The summed E-state index contributed by atoms with van der Waals surface area (Å²) in [5, 5.41) is 13.6. The lowest BCUT2D eigenvalue weighted by atomic mass is 9.91. The predicted molar refractivity (Wildman–Crippen MR) is 135 cm³/mol. The molecule has 10 heteroatoms. The number of piperidine rings is 1. The van der Waals surface area contributed by atoms with Gasteiger partial charge in [-0.15, -0.1) is 0 Å². The maximum Gasteiger partial charge on any atom is 0.277 e. The van der Waals surface area contributed by atoms with Crippen LogP contribution in [0.4, 0.5) is 23.1 Å². The summed E-state index contributed by atoms with van der Waals surface area (Å²) in [6.07, 6.45) is 6.94. The van der Waals surface area contributed by atoms with Gasteiger partial charge < -0.3 is 25.2 Å². The number of anilines is 4. The average Bonchev–Trinajstić information content (AvgIpc) is 3.63. The largest absolute Gasteiger partial charge is 0.371 e. The minimum absolute atomic E-state index is 0.271. The first-order valence-corrected chi connectivity index (χ1v) is 12.4. The molecule has 6 rings (SSSR count). The number of hydrogen-bond acceptors (Lipinski definition) is 9. The van der Waals surface area contributed by atoms with E-state index in [9.17, 15) is 9.59 Å². The molecule has 3 aliphatic rings. The number of rotatable bonds is 5. The van der Waals surface area contributed by atoms with Gasteiger partial charge in [0.1, 0.15) is 23.0 Å². The summed E-state index contributed by atoms with van der Waals surface area (Å²) in [4.78, 5) is 37.7. The Morgan fingerprint density at radius 2 is 1.86 bits per heavy atom. The number of aromatic amines is 1. The van der Waals surface area contributed by atoms with Crippen LogP contribution in [0.1, 0.15) is 25.7 Å². The molecular weight excluding hydrogens is 444 g/mol. The molecular formula is C25H30N8O2. The molecule has 1 aromatic carbocycles. The van der Waals surface area contributed by atoms with Crippen molar-refractivity contribution in [1.29, 1.82) is 0 Å². The molecule has 1 aliphatic carbocycles. The standard InChI is InChI=1S/C25H30N8O2/c34-16-17-14-25(17)6-11-32(12-7-25)19-4-2-18(3-5-19)28-22-21-20(15-27-31-23(21)35)29-24(30-22)33-10-1-8-26-9-13-33/h2-5,15-17,26H,1,6-14H2,(H,31,35)(H,28,29,30). The van der Waals surface area contributed by atoms with Crippen LogP contribution in [0, 0.1) is 11.3 Å². The van der Waals surface area contributed by atoms with Crippen LogP contribution >= 0.6 is 0 Å². The van der Waals surface area contributed by atoms with Crippen molar-refractivity contribution in [3.63, 3.8) is 0 Å². The third-order valence-electron chi connectivity index (χ3n) is 7.80. The molecule has 1 atom stereocenters. The number of carbonyl (C=O) groups excluding carboxylic acids is 1. The van der Waals surface area contributed by atoms with Crippen molar-refractivity contribution in [2.75, 3.05) is 54.4 Å². The molecule has 3 aromatic rings. The van der Waals surface area contributed by atoms with E-state index in [0.29, 0.717) is 22.7 Å². The summed E-state index contributed by atoms with van der Waals surface area (Å²) in [7, 11) is 0. The maximum atomic E-state index is 12.6. The highest BCUT2D eigenvalue weighted by molar-refractivity contribution is 5.90. The lowest BCUT2D eigenvalue weighted by Gasteiger charge is -2.34. The van der Waals surface area contributed by atoms with Gasteiger partial charge in [-0.25, -0.2) is 10.1 Å². The summed E-state index contributed by atoms with van der Waals surface area (Å²) in [5.74, 6) is 1.35. The van der Waals surface area contributed by atoms with Crippen LogP contribution < -0.4 is 26.0 Å². The van der Waals surface area contributed by atoms with Crippen molar-refractivity contribution < 1.29 is 4.79 Å². The van der Waals surface area contributed by atoms with Gasteiger partial charge in [-0.1, -0.05) is 0 Å². The summed E-state index contributed by atoms with van der Waals surface area (Å²) in [6.45, 7) is 5.45. The Morgan fingerprint density at radius 3 is 2.63 bits per heavy atom. The van der Waals surface area contributed by atoms with Gasteiger partial charge in [0.05, 0.1) is 6.20 Å². The van der Waals surface area contributed by atoms with Crippen LogP contribution in [-0.2, 0) is 4.79 Å². The maximum absolute atomic E-state index is 12.6. The molecule has 2 aromatic heterocycles. The van der Waals surface area contributed by atoms with Crippen LogP contribution in [0.25, 0.3) is 10.9 Å². The number of nitrogens with zero attached hydrogens (tertiary/aromatic N) is 5. The smallest absolute Gasteiger partial charge is 0.277 e. The Morgan fingerprint density at radius 1 is 1.03 bits per heavy atom. The van der Waals surface area contributed by atoms with Crippen molar-refractivity contribution in [2.45, 2.75) is 25.7 Å². The van der Waals surface area contributed by atoms with Gasteiger partial charge >= 0.3 is 0 Å². The molecule has 2 saturated heterocycles. The molecule has 1 unspecified atom stereocenters. The Kier molecular flexibility index (Phi) is 5.60. The third-order valence-corrected chi connectivity index (χ3v) is 7.80. The van der Waals surface area contributed by atoms with E-state index in [4.69, 9.17) is 4.98 Å². The van der Waals surface area contributed by atoms with Crippen LogP contribution in [0.5, 0.6) is 0 Å². The number of hydrogen-bond donors (Lipinski definition) is 3. The second kappa shape index (κ2) is 8.92. The van der Waals surface area contributed by atoms with E-state index in [2.05, 4.69) is 47.7 Å². The van der Waals surface area contributed by atoms with Gasteiger partial charge in [0, 0.05) is 50.0 Å². The molecule has 3 N–H and O–H groups in total. The van der Waals surface area contributed by atoms with Gasteiger partial charge in [0.15, 0.2) is 0 Å². The number of fused-ring (bicyclic) bond motifs is 1. The van der Waals surface area contributed by atoms with E-state index in [1.54, 1.807) is 6.20 Å². The number of carbonyl (C=O) groups is 1. The zero-order chi connectivity index (χ0) is 23.8. The fraction of sp³-hybridized carbons (Fsp3) is 0.480. The zero-order valence-electron chi connectivity index (χ0n) is 19.7. The molecule has 182 valence electrons. The van der Waals surface area contributed by atoms with E-state index in [0.717, 1.165) is 76.9 Å². The van der Waals surface area contributed by atoms with E-state index in [1.807, 2.05) is 12.1 Å². The monoisotopic (exact) mass is 474 g/mol. The van der Waals surface area contributed by atoms with Gasteiger partial charge in [-0.3, -0.25) is 4.79 Å². The second-order valence-corrected chi connectivity index (χ2v) is 9.89. The fourth-order valence-corrected chi connectivity index (χ4v) is 5.52. The van der Waals surface area contributed by atoms with Crippen LogP contribution in [0.2, 0.25) is 0 Å². The molecule has 2 aliphatic heterocycles. The fourth-order valence-electron chi connectivity index (χ4n) is 5.52. The molecule has 35 heavy (non-hydrogen) atoms. The van der Waals surface area contributed by atoms with Crippen molar-refractivity contribution in [2.24, 2.45) is 11.3 Å². The van der Waals surface area contributed by atoms with E-state index in [1.165, 1.54) is 5.69 Å². The van der Waals surface area contributed by atoms with Crippen LogP contribution in [0.15, 0.2) is 35.3 Å². The molecule has 10 nitrogen and oxygen atoms in total. The lowest BCUT2D eigenvalue weighted by molar-refractivity contribution is -0.109. The zero-order valence-corrected chi connectivity index (χ0v) is 19.7. The van der Waals surface area contributed by atoms with Gasteiger partial charge in [-0.05, 0) is 61.9 Å². The molecule has 0 bridgehead atoms. The normalized spacial score (nSPS) is 21.7. The number of H-pyrrole nitrogens is 1. The molecule has 0 radical (unpaired) electrons. The number of benzene rings is 1. The molecule has 0 amide bonds. The van der Waals surface area contributed by atoms with Crippen molar-refractivity contribution in [3.05, 3.63) is 40.8 Å². The molecule has 4 heterocycles. The minimum Gasteiger partial charge on any atom is -0.371 e. The lowest BCUT2D eigenvalue weighted by Crippen LogP contribution is -2.35. The highest BCUT2D eigenvalue weighted by Gasteiger charge is 2.54. The quantitative estimate of drug-likeness (QED) is 0.477. The summed E-state index contributed by atoms with van der Waals surface area (Å²) in [6, 6.07) is 8.23. The topological polar surface area (TPSA) is 119 Å². The van der Waals surface area contributed by atoms with Crippen LogP contribution in [0.3, 0.4) is 0 Å². The Labute approximate surface area is 203 Å². The van der Waals surface area contributed by atoms with Crippen LogP contribution in [-0.4, -0.2) is 65.7 Å². The Bertz CT molecular complexity index is 1270. The highest BCUT2D eigenvalue weighted by Crippen LogP contribution is 2.58. The van der Waals surface area contributed by atoms with E-state index in [-0.39, 0.29) is 16.9 Å². The first-order chi connectivity index (χ1) is 17.1. The molecule has 3 fully saturated rings.